The van der Waals surface area contributed by atoms with Crippen LogP contribution in [0.1, 0.15) is 39.8 Å². The van der Waals surface area contributed by atoms with Crippen molar-refractivity contribution in [3.05, 3.63) is 222 Å². The molecular formula is C58H40N2O3. The number of furan rings is 2. The lowest BCUT2D eigenvalue weighted by molar-refractivity contribution is 0.225. The Morgan fingerprint density at radius 1 is 0.413 bits per heavy atom. The molecule has 5 heteroatoms. The normalized spacial score (nSPS) is 15.4. The van der Waals surface area contributed by atoms with Crippen LogP contribution in [0.3, 0.4) is 0 Å². The Kier molecular flexibility index (Phi) is 7.79. The van der Waals surface area contributed by atoms with Gasteiger partial charge in [-0.1, -0.05) is 133 Å². The van der Waals surface area contributed by atoms with E-state index in [-0.39, 0.29) is 12.0 Å². The number of hydrogen-bond donors (Lipinski definition) is 0. The molecule has 0 N–H and O–H groups in total. The average molecular weight is 813 g/mol. The van der Waals surface area contributed by atoms with Crippen molar-refractivity contribution in [2.24, 2.45) is 0 Å². The smallest absolute Gasteiger partial charge is 0.159 e. The van der Waals surface area contributed by atoms with Gasteiger partial charge in [0.05, 0.1) is 22.8 Å². The van der Waals surface area contributed by atoms with Crippen LogP contribution in [-0.4, -0.2) is 0 Å². The van der Waals surface area contributed by atoms with E-state index in [1.807, 2.05) is 12.1 Å². The Morgan fingerprint density at radius 2 is 0.937 bits per heavy atom. The SMILES string of the molecule is Cc1cccc(N(C2=CC3c4cc(N(c5cccc(C)c5)c5cccc6c5oc5ccccc56)c5ccccc5c4OC3c3ccccc32)c2cccc3c2oc2ccccc23)c1. The zero-order valence-electron chi connectivity index (χ0n) is 34.7. The van der Waals surface area contributed by atoms with E-state index in [2.05, 4.69) is 206 Å². The van der Waals surface area contributed by atoms with Crippen molar-refractivity contribution in [2.45, 2.75) is 25.9 Å². The number of nitrogens with zero attached hydrogens (tertiary/aromatic N) is 2. The summed E-state index contributed by atoms with van der Waals surface area (Å²) in [5, 5.41) is 6.55. The van der Waals surface area contributed by atoms with E-state index in [0.717, 1.165) is 111 Å². The van der Waals surface area contributed by atoms with E-state index < -0.39 is 0 Å². The maximum atomic E-state index is 7.28. The number of aryl methyl sites for hydroxylation is 2. The summed E-state index contributed by atoms with van der Waals surface area (Å²) >= 11 is 0. The van der Waals surface area contributed by atoms with E-state index in [1.54, 1.807) is 0 Å². The number of ether oxygens (including phenoxy) is 1. The van der Waals surface area contributed by atoms with Gasteiger partial charge < -0.3 is 23.4 Å². The van der Waals surface area contributed by atoms with E-state index in [0.29, 0.717) is 0 Å². The Balaban J connectivity index is 1.07. The molecule has 300 valence electrons. The molecule has 1 aliphatic carbocycles. The lowest BCUT2D eigenvalue weighted by atomic mass is 9.81. The molecule has 9 aromatic carbocycles. The number of hydrogen-bond acceptors (Lipinski definition) is 5. The van der Waals surface area contributed by atoms with Crippen LogP contribution in [0.4, 0.5) is 28.4 Å². The minimum Gasteiger partial charge on any atom is -0.484 e. The van der Waals surface area contributed by atoms with E-state index in [1.165, 1.54) is 11.1 Å². The molecule has 0 saturated heterocycles. The van der Waals surface area contributed by atoms with Gasteiger partial charge in [-0.05, 0) is 85.6 Å². The number of fused-ring (bicyclic) bond motifs is 13. The summed E-state index contributed by atoms with van der Waals surface area (Å²) in [6.45, 7) is 4.31. The summed E-state index contributed by atoms with van der Waals surface area (Å²) in [7, 11) is 0. The molecule has 0 saturated carbocycles. The lowest BCUT2D eigenvalue weighted by Crippen LogP contribution is -2.23. The molecule has 2 aromatic heterocycles. The van der Waals surface area contributed by atoms with Crippen molar-refractivity contribution < 1.29 is 13.6 Å². The van der Waals surface area contributed by atoms with Gasteiger partial charge in [-0.2, -0.15) is 0 Å². The molecule has 0 spiro atoms. The van der Waals surface area contributed by atoms with Crippen molar-refractivity contribution >= 4 is 88.8 Å². The third-order valence-corrected chi connectivity index (χ3v) is 13.1. The van der Waals surface area contributed by atoms with Gasteiger partial charge in [0.25, 0.3) is 0 Å². The van der Waals surface area contributed by atoms with Crippen LogP contribution in [0.25, 0.3) is 60.3 Å². The summed E-state index contributed by atoms with van der Waals surface area (Å²) < 4.78 is 20.8. The van der Waals surface area contributed by atoms with Gasteiger partial charge in [0.1, 0.15) is 23.0 Å². The lowest BCUT2D eigenvalue weighted by Gasteiger charge is -2.34. The average Bonchev–Trinajstić information content (AvgIpc) is 4.02. The zero-order valence-corrected chi connectivity index (χ0v) is 34.7. The second kappa shape index (κ2) is 13.7. The summed E-state index contributed by atoms with van der Waals surface area (Å²) in [5.74, 6) is 0.807. The molecule has 1 aliphatic heterocycles. The predicted molar refractivity (Wildman–Crippen MR) is 258 cm³/mol. The maximum Gasteiger partial charge on any atom is 0.159 e. The van der Waals surface area contributed by atoms with Gasteiger partial charge in [0, 0.05) is 66.3 Å². The molecular weight excluding hydrogens is 773 g/mol. The van der Waals surface area contributed by atoms with Crippen LogP contribution in [0.2, 0.25) is 0 Å². The minimum absolute atomic E-state index is 0.114. The molecule has 0 amide bonds. The van der Waals surface area contributed by atoms with Crippen LogP contribution < -0.4 is 14.5 Å². The number of benzene rings is 9. The highest BCUT2D eigenvalue weighted by molar-refractivity contribution is 6.13. The monoisotopic (exact) mass is 812 g/mol. The maximum absolute atomic E-state index is 7.28. The Bertz CT molecular complexity index is 3690. The third-order valence-electron chi connectivity index (χ3n) is 13.1. The Labute approximate surface area is 364 Å². The van der Waals surface area contributed by atoms with Gasteiger partial charge in [-0.3, -0.25) is 0 Å². The van der Waals surface area contributed by atoms with E-state index >= 15 is 0 Å². The van der Waals surface area contributed by atoms with Gasteiger partial charge >= 0.3 is 0 Å². The summed E-state index contributed by atoms with van der Waals surface area (Å²) in [6.07, 6.45) is 2.21. The summed E-state index contributed by atoms with van der Waals surface area (Å²) in [4.78, 5) is 4.78. The molecule has 5 nitrogen and oxygen atoms in total. The predicted octanol–water partition coefficient (Wildman–Crippen LogP) is 16.1. The minimum atomic E-state index is -0.230. The first-order chi connectivity index (χ1) is 31.1. The second-order valence-corrected chi connectivity index (χ2v) is 16.9. The molecule has 11 aromatic rings. The summed E-state index contributed by atoms with van der Waals surface area (Å²) in [6, 6.07) is 66.9. The van der Waals surface area contributed by atoms with Crippen molar-refractivity contribution in [2.75, 3.05) is 9.80 Å². The molecule has 2 aliphatic rings. The fourth-order valence-corrected chi connectivity index (χ4v) is 10.3. The van der Waals surface area contributed by atoms with Crippen LogP contribution in [0.5, 0.6) is 5.75 Å². The Morgan fingerprint density at radius 3 is 1.59 bits per heavy atom. The molecule has 2 unspecified atom stereocenters. The topological polar surface area (TPSA) is 42.0 Å². The van der Waals surface area contributed by atoms with Crippen LogP contribution in [0.15, 0.2) is 203 Å². The highest BCUT2D eigenvalue weighted by Gasteiger charge is 2.42. The van der Waals surface area contributed by atoms with Crippen molar-refractivity contribution in [1.29, 1.82) is 0 Å². The van der Waals surface area contributed by atoms with Crippen LogP contribution in [-0.2, 0) is 0 Å². The second-order valence-electron chi connectivity index (χ2n) is 16.9. The standard InChI is InChI=1S/C58H40N2O3/c1-35-15-11-17-37(31-35)59(49-27-13-25-45-41-21-7-9-29-53(41)61-57(45)49)51-33-47-48-34-52(40-20-4-6-24-44(40)56(48)63-55(47)43-23-5-3-19-39(43)51)60(38-18-12-16-36(2)32-38)50-28-14-26-46-42-22-8-10-30-54(42)62-58(46)50/h3-34,47,55H,1-2H3. The fraction of sp³-hybridized carbons (Fsp3) is 0.0690. The first-order valence-corrected chi connectivity index (χ1v) is 21.6. The molecule has 3 heterocycles. The molecule has 0 fully saturated rings. The molecule has 2 atom stereocenters. The van der Waals surface area contributed by atoms with Crippen molar-refractivity contribution in [1.82, 2.24) is 0 Å². The van der Waals surface area contributed by atoms with Crippen molar-refractivity contribution in [3.63, 3.8) is 0 Å². The third kappa shape index (κ3) is 5.42. The van der Waals surface area contributed by atoms with Gasteiger partial charge in [-0.15, -0.1) is 0 Å². The molecule has 0 radical (unpaired) electrons. The highest BCUT2D eigenvalue weighted by Crippen LogP contribution is 2.58. The zero-order chi connectivity index (χ0) is 41.8. The number of para-hydroxylation sites is 4. The van der Waals surface area contributed by atoms with Crippen molar-refractivity contribution in [3.8, 4) is 5.75 Å². The fourth-order valence-electron chi connectivity index (χ4n) is 10.3. The first-order valence-electron chi connectivity index (χ1n) is 21.6. The molecule has 0 bridgehead atoms. The highest BCUT2D eigenvalue weighted by atomic mass is 16.5. The van der Waals surface area contributed by atoms with Gasteiger partial charge in [-0.25, -0.2) is 0 Å². The van der Waals surface area contributed by atoms with Gasteiger partial charge in [0.2, 0.25) is 0 Å². The van der Waals surface area contributed by atoms with Crippen LogP contribution >= 0.6 is 0 Å². The largest absolute Gasteiger partial charge is 0.484 e. The summed E-state index contributed by atoms with van der Waals surface area (Å²) in [5.41, 5.74) is 15.4. The first kappa shape index (κ1) is 35.7. The molecule has 13 rings (SSSR count). The van der Waals surface area contributed by atoms with E-state index in [4.69, 9.17) is 13.6 Å². The van der Waals surface area contributed by atoms with E-state index in [9.17, 15) is 0 Å². The Hall–Kier alpha value is -8.02. The van der Waals surface area contributed by atoms with Crippen LogP contribution in [0, 0.1) is 13.8 Å². The number of rotatable bonds is 6. The molecule has 63 heavy (non-hydrogen) atoms. The quantitative estimate of drug-likeness (QED) is 0.167. The van der Waals surface area contributed by atoms with Gasteiger partial charge in [0.15, 0.2) is 11.2 Å². The number of anilines is 5.